The first kappa shape index (κ1) is 17.1. The van der Waals surface area contributed by atoms with Crippen molar-refractivity contribution in [1.82, 2.24) is 14.7 Å². The van der Waals surface area contributed by atoms with Crippen molar-refractivity contribution < 1.29 is 19.1 Å². The topological polar surface area (TPSA) is 75.4 Å². The van der Waals surface area contributed by atoms with Gasteiger partial charge in [0.05, 0.1) is 17.5 Å². The summed E-state index contributed by atoms with van der Waals surface area (Å²) < 4.78 is 15.4. The maximum Gasteiger partial charge on any atom is 0.326 e. The van der Waals surface area contributed by atoms with E-state index in [9.17, 15) is 19.1 Å². The number of halogens is 1. The van der Waals surface area contributed by atoms with Crippen LogP contribution in [0, 0.1) is 18.7 Å². The molecule has 1 aromatic carbocycles. The molecule has 0 aliphatic carbocycles. The summed E-state index contributed by atoms with van der Waals surface area (Å²) in [6, 6.07) is 5.33. The summed E-state index contributed by atoms with van der Waals surface area (Å²) in [4.78, 5) is 25.8. The fourth-order valence-electron chi connectivity index (χ4n) is 3.26. The maximum atomic E-state index is 14.0. The molecule has 0 bridgehead atoms. The average molecular weight is 345 g/mol. The number of aromatic nitrogens is 2. The summed E-state index contributed by atoms with van der Waals surface area (Å²) in [5, 5.41) is 13.6. The number of amides is 1. The lowest BCUT2D eigenvalue weighted by Gasteiger charge is -2.35. The summed E-state index contributed by atoms with van der Waals surface area (Å²) in [6.45, 7) is 4.05. The van der Waals surface area contributed by atoms with Crippen LogP contribution in [-0.4, -0.2) is 44.3 Å². The molecule has 2 heterocycles. The Balaban J connectivity index is 1.93. The molecule has 7 heteroatoms. The number of likely N-dealkylation sites (tertiary alicyclic amines) is 1. The normalized spacial score (nSPS) is 20.5. The molecule has 0 radical (unpaired) electrons. The number of hydrogen-bond donors (Lipinski definition) is 1. The van der Waals surface area contributed by atoms with Crippen LogP contribution in [0.2, 0.25) is 0 Å². The SMILES string of the molecule is Cc1c(C(=O)N2CCC(C)CC2C(=O)O)cnn1-c1ccccc1F. The molecule has 25 heavy (non-hydrogen) atoms. The third kappa shape index (κ3) is 3.14. The first-order valence-corrected chi connectivity index (χ1v) is 8.23. The number of hydrogen-bond acceptors (Lipinski definition) is 3. The quantitative estimate of drug-likeness (QED) is 0.928. The molecule has 1 aliphatic rings. The van der Waals surface area contributed by atoms with E-state index >= 15 is 0 Å². The second-order valence-electron chi connectivity index (χ2n) is 6.49. The molecule has 0 saturated carbocycles. The van der Waals surface area contributed by atoms with Crippen molar-refractivity contribution in [2.45, 2.75) is 32.7 Å². The smallest absolute Gasteiger partial charge is 0.326 e. The van der Waals surface area contributed by atoms with Crippen molar-refractivity contribution in [1.29, 1.82) is 0 Å². The summed E-state index contributed by atoms with van der Waals surface area (Å²) in [7, 11) is 0. The van der Waals surface area contributed by atoms with Gasteiger partial charge in [-0.3, -0.25) is 4.79 Å². The van der Waals surface area contributed by atoms with Gasteiger partial charge in [-0.15, -0.1) is 0 Å². The highest BCUT2D eigenvalue weighted by atomic mass is 19.1. The zero-order chi connectivity index (χ0) is 18.1. The van der Waals surface area contributed by atoms with Gasteiger partial charge >= 0.3 is 5.97 Å². The van der Waals surface area contributed by atoms with Crippen LogP contribution in [0.25, 0.3) is 5.69 Å². The van der Waals surface area contributed by atoms with Crippen LogP contribution in [0.1, 0.15) is 35.8 Å². The van der Waals surface area contributed by atoms with Gasteiger partial charge in [-0.25, -0.2) is 13.9 Å². The molecular weight excluding hydrogens is 325 g/mol. The monoisotopic (exact) mass is 345 g/mol. The van der Waals surface area contributed by atoms with E-state index in [0.717, 1.165) is 6.42 Å². The molecule has 2 atom stereocenters. The highest BCUT2D eigenvalue weighted by Gasteiger charge is 2.36. The van der Waals surface area contributed by atoms with E-state index < -0.39 is 17.8 Å². The summed E-state index contributed by atoms with van der Waals surface area (Å²) in [5.41, 5.74) is 1.03. The number of nitrogens with zero attached hydrogens (tertiary/aromatic N) is 3. The predicted molar refractivity (Wildman–Crippen MR) is 89.1 cm³/mol. The third-order valence-corrected chi connectivity index (χ3v) is 4.73. The highest BCUT2D eigenvalue weighted by molar-refractivity contribution is 5.97. The van der Waals surface area contributed by atoms with Crippen molar-refractivity contribution in [2.75, 3.05) is 6.54 Å². The van der Waals surface area contributed by atoms with Crippen LogP contribution in [0.4, 0.5) is 4.39 Å². The molecule has 1 aromatic heterocycles. The lowest BCUT2D eigenvalue weighted by atomic mass is 9.92. The minimum atomic E-state index is -1.00. The maximum absolute atomic E-state index is 14.0. The number of benzene rings is 1. The van der Waals surface area contributed by atoms with Gasteiger partial charge in [0.25, 0.3) is 5.91 Å². The largest absolute Gasteiger partial charge is 0.480 e. The van der Waals surface area contributed by atoms with E-state index in [1.165, 1.54) is 21.8 Å². The van der Waals surface area contributed by atoms with Crippen LogP contribution in [0.15, 0.2) is 30.5 Å². The van der Waals surface area contributed by atoms with Gasteiger partial charge < -0.3 is 10.0 Å². The van der Waals surface area contributed by atoms with Crippen LogP contribution in [0.5, 0.6) is 0 Å². The van der Waals surface area contributed by atoms with E-state index in [1.54, 1.807) is 25.1 Å². The molecule has 1 amide bonds. The Morgan fingerprint density at radius 2 is 2.04 bits per heavy atom. The average Bonchev–Trinajstić information content (AvgIpc) is 2.96. The molecule has 3 rings (SSSR count). The van der Waals surface area contributed by atoms with E-state index in [2.05, 4.69) is 5.10 Å². The number of para-hydroxylation sites is 1. The molecule has 6 nitrogen and oxygen atoms in total. The van der Waals surface area contributed by atoms with Gasteiger partial charge in [0.2, 0.25) is 0 Å². The van der Waals surface area contributed by atoms with E-state index in [1.807, 2.05) is 6.92 Å². The number of piperidine rings is 1. The minimum Gasteiger partial charge on any atom is -0.480 e. The van der Waals surface area contributed by atoms with Crippen molar-refractivity contribution in [3.63, 3.8) is 0 Å². The van der Waals surface area contributed by atoms with Gasteiger partial charge in [-0.05, 0) is 37.8 Å². The Morgan fingerprint density at radius 3 is 2.72 bits per heavy atom. The van der Waals surface area contributed by atoms with Crippen LogP contribution in [-0.2, 0) is 4.79 Å². The highest BCUT2D eigenvalue weighted by Crippen LogP contribution is 2.26. The summed E-state index contributed by atoms with van der Waals surface area (Å²) in [5.74, 6) is -1.56. The van der Waals surface area contributed by atoms with E-state index in [-0.39, 0.29) is 17.5 Å². The Hall–Kier alpha value is -2.70. The molecular formula is C18H20FN3O3. The number of carboxylic acid groups (broad SMARTS) is 1. The van der Waals surface area contributed by atoms with Crippen molar-refractivity contribution in [3.05, 3.63) is 47.5 Å². The number of carbonyl (C=O) groups is 2. The minimum absolute atomic E-state index is 0.251. The standard InChI is InChI=1S/C18H20FN3O3/c1-11-7-8-21(16(9-11)18(24)25)17(23)13-10-20-22(12(13)2)15-6-4-3-5-14(15)19/h3-6,10-11,16H,7-9H2,1-2H3,(H,24,25). The third-order valence-electron chi connectivity index (χ3n) is 4.73. The van der Waals surface area contributed by atoms with E-state index in [0.29, 0.717) is 24.2 Å². The van der Waals surface area contributed by atoms with Gasteiger partial charge in [-0.2, -0.15) is 5.10 Å². The Kier molecular flexibility index (Phi) is 4.57. The first-order valence-electron chi connectivity index (χ1n) is 8.23. The molecule has 1 saturated heterocycles. The second-order valence-corrected chi connectivity index (χ2v) is 6.49. The van der Waals surface area contributed by atoms with Crippen molar-refractivity contribution in [2.24, 2.45) is 5.92 Å². The van der Waals surface area contributed by atoms with Gasteiger partial charge in [-0.1, -0.05) is 19.1 Å². The number of rotatable bonds is 3. The fraction of sp³-hybridized carbons (Fsp3) is 0.389. The first-order chi connectivity index (χ1) is 11.9. The number of carboxylic acids is 1. The Labute approximate surface area is 144 Å². The summed E-state index contributed by atoms with van der Waals surface area (Å²) >= 11 is 0. The van der Waals surface area contributed by atoms with Crippen LogP contribution < -0.4 is 0 Å². The predicted octanol–water partition coefficient (Wildman–Crippen LogP) is 2.65. The lowest BCUT2D eigenvalue weighted by molar-refractivity contribution is -0.144. The molecule has 2 aromatic rings. The van der Waals surface area contributed by atoms with Gasteiger partial charge in [0.15, 0.2) is 0 Å². The van der Waals surface area contributed by atoms with Crippen molar-refractivity contribution in [3.8, 4) is 5.69 Å². The molecule has 1 aliphatic heterocycles. The number of carbonyl (C=O) groups excluding carboxylic acids is 1. The Morgan fingerprint density at radius 1 is 1.32 bits per heavy atom. The lowest BCUT2D eigenvalue weighted by Crippen LogP contribution is -2.49. The molecule has 0 spiro atoms. The second kappa shape index (κ2) is 6.66. The Bertz CT molecular complexity index is 818. The van der Waals surface area contributed by atoms with E-state index in [4.69, 9.17) is 0 Å². The molecule has 1 fully saturated rings. The van der Waals surface area contributed by atoms with Gasteiger partial charge in [0.1, 0.15) is 17.5 Å². The van der Waals surface area contributed by atoms with Crippen molar-refractivity contribution >= 4 is 11.9 Å². The molecule has 1 N–H and O–H groups in total. The zero-order valence-electron chi connectivity index (χ0n) is 14.1. The van der Waals surface area contributed by atoms with Gasteiger partial charge in [0, 0.05) is 6.54 Å². The fourth-order valence-corrected chi connectivity index (χ4v) is 3.26. The number of aliphatic carboxylic acids is 1. The summed E-state index contributed by atoms with van der Waals surface area (Å²) in [6.07, 6.45) is 2.57. The molecule has 132 valence electrons. The van der Waals surface area contributed by atoms with Crippen LogP contribution >= 0.6 is 0 Å². The molecule has 2 unspecified atom stereocenters. The zero-order valence-corrected chi connectivity index (χ0v) is 14.1. The van der Waals surface area contributed by atoms with Crippen LogP contribution in [0.3, 0.4) is 0 Å².